The van der Waals surface area contributed by atoms with E-state index in [0.717, 1.165) is 11.1 Å². The summed E-state index contributed by atoms with van der Waals surface area (Å²) >= 11 is 0. The van der Waals surface area contributed by atoms with Gasteiger partial charge in [-0.2, -0.15) is 0 Å². The monoisotopic (exact) mass is 397 g/mol. The van der Waals surface area contributed by atoms with Gasteiger partial charge < -0.3 is 10.4 Å². The van der Waals surface area contributed by atoms with E-state index in [1.807, 2.05) is 0 Å². The molecule has 1 atom stereocenters. The summed E-state index contributed by atoms with van der Waals surface area (Å²) in [6.07, 6.45) is 0.231. The van der Waals surface area contributed by atoms with Gasteiger partial charge in [0.2, 0.25) is 5.91 Å². The Labute approximate surface area is 166 Å². The second-order valence-electron chi connectivity index (χ2n) is 6.79. The number of aromatic nitrogens is 4. The molecule has 1 unspecified atom stereocenters. The Morgan fingerprint density at radius 1 is 1.14 bits per heavy atom. The molecule has 8 nitrogen and oxygen atoms in total. The predicted molar refractivity (Wildman–Crippen MR) is 103 cm³/mol. The van der Waals surface area contributed by atoms with Crippen LogP contribution < -0.4 is 5.32 Å². The number of tetrazole rings is 1. The SMILES string of the molecule is Cc1cc(C)c(C(=O)O)cc1NC(=O)C(Cc1ccc(F)cc1)n1nnnc1C. The van der Waals surface area contributed by atoms with Gasteiger partial charge in [-0.15, -0.1) is 5.10 Å². The maximum absolute atomic E-state index is 13.2. The molecule has 9 heteroatoms. The van der Waals surface area contributed by atoms with Crippen LogP contribution in [0.15, 0.2) is 36.4 Å². The Morgan fingerprint density at radius 2 is 1.83 bits per heavy atom. The van der Waals surface area contributed by atoms with Crippen LogP contribution in [0.4, 0.5) is 10.1 Å². The molecule has 0 aliphatic rings. The van der Waals surface area contributed by atoms with E-state index < -0.39 is 17.9 Å². The number of carboxylic acids is 1. The Hall–Kier alpha value is -3.62. The maximum Gasteiger partial charge on any atom is 0.336 e. The van der Waals surface area contributed by atoms with E-state index in [-0.39, 0.29) is 17.8 Å². The van der Waals surface area contributed by atoms with Crippen LogP contribution in [-0.2, 0) is 11.2 Å². The molecule has 0 saturated heterocycles. The minimum Gasteiger partial charge on any atom is -0.478 e. The minimum atomic E-state index is -1.07. The first-order valence-corrected chi connectivity index (χ1v) is 8.90. The summed E-state index contributed by atoms with van der Waals surface area (Å²) in [7, 11) is 0. The van der Waals surface area contributed by atoms with Crippen LogP contribution in [0.5, 0.6) is 0 Å². The highest BCUT2D eigenvalue weighted by Crippen LogP contribution is 2.23. The molecule has 1 aromatic heterocycles. The number of carboxylic acid groups (broad SMARTS) is 1. The average Bonchev–Trinajstić information content (AvgIpc) is 3.08. The lowest BCUT2D eigenvalue weighted by molar-refractivity contribution is -0.119. The van der Waals surface area contributed by atoms with Crippen LogP contribution in [0.25, 0.3) is 0 Å². The standard InChI is InChI=1S/C20H20FN5O3/c1-11-8-12(2)17(10-16(11)20(28)29)22-19(27)18(26-13(3)23-24-25-26)9-14-4-6-15(21)7-5-14/h4-8,10,18H,9H2,1-3H3,(H,22,27)(H,28,29). The summed E-state index contributed by atoms with van der Waals surface area (Å²) in [6.45, 7) is 5.15. The molecule has 1 amide bonds. The first-order valence-electron chi connectivity index (χ1n) is 8.90. The van der Waals surface area contributed by atoms with Crippen molar-refractivity contribution in [2.75, 3.05) is 5.32 Å². The number of rotatable bonds is 6. The molecule has 3 aromatic rings. The molecule has 2 aromatic carbocycles. The highest BCUT2D eigenvalue weighted by Gasteiger charge is 2.25. The van der Waals surface area contributed by atoms with Gasteiger partial charge >= 0.3 is 5.97 Å². The number of halogens is 1. The van der Waals surface area contributed by atoms with E-state index >= 15 is 0 Å². The lowest BCUT2D eigenvalue weighted by Crippen LogP contribution is -2.30. The highest BCUT2D eigenvalue weighted by molar-refractivity contribution is 5.97. The number of aromatic carboxylic acids is 1. The molecule has 0 spiro atoms. The second kappa shape index (κ2) is 8.17. The van der Waals surface area contributed by atoms with E-state index in [4.69, 9.17) is 0 Å². The molecule has 150 valence electrons. The Balaban J connectivity index is 1.93. The lowest BCUT2D eigenvalue weighted by atomic mass is 10.0. The zero-order valence-electron chi connectivity index (χ0n) is 16.2. The van der Waals surface area contributed by atoms with Gasteiger partial charge in [0.25, 0.3) is 0 Å². The van der Waals surface area contributed by atoms with Gasteiger partial charge in [-0.05, 0) is 66.1 Å². The molecule has 0 bridgehead atoms. The summed E-state index contributed by atoms with van der Waals surface area (Å²) < 4.78 is 14.6. The summed E-state index contributed by atoms with van der Waals surface area (Å²) in [4.78, 5) is 24.5. The number of nitrogens with one attached hydrogen (secondary N) is 1. The fraction of sp³-hybridized carbons (Fsp3) is 0.250. The maximum atomic E-state index is 13.2. The quantitative estimate of drug-likeness (QED) is 0.662. The summed E-state index contributed by atoms with van der Waals surface area (Å²) in [6, 6.07) is 8.16. The van der Waals surface area contributed by atoms with Crippen molar-refractivity contribution in [3.05, 3.63) is 70.3 Å². The molecule has 0 radical (unpaired) electrons. The number of hydrogen-bond acceptors (Lipinski definition) is 5. The third-order valence-corrected chi connectivity index (χ3v) is 4.66. The van der Waals surface area contributed by atoms with Crippen molar-refractivity contribution in [1.82, 2.24) is 20.2 Å². The van der Waals surface area contributed by atoms with Gasteiger partial charge in [-0.1, -0.05) is 18.2 Å². The number of carbonyl (C=O) groups excluding carboxylic acids is 1. The lowest BCUT2D eigenvalue weighted by Gasteiger charge is -2.19. The van der Waals surface area contributed by atoms with E-state index in [2.05, 4.69) is 20.8 Å². The van der Waals surface area contributed by atoms with Gasteiger partial charge in [-0.25, -0.2) is 13.9 Å². The molecule has 0 aliphatic carbocycles. The fourth-order valence-corrected chi connectivity index (χ4v) is 3.09. The van der Waals surface area contributed by atoms with Crippen molar-refractivity contribution in [3.8, 4) is 0 Å². The average molecular weight is 397 g/mol. The van der Waals surface area contributed by atoms with E-state index in [0.29, 0.717) is 17.1 Å². The fourth-order valence-electron chi connectivity index (χ4n) is 3.09. The highest BCUT2D eigenvalue weighted by atomic mass is 19.1. The molecule has 0 aliphatic heterocycles. The molecule has 0 saturated carbocycles. The van der Waals surface area contributed by atoms with Crippen LogP contribution in [0.3, 0.4) is 0 Å². The number of amides is 1. The van der Waals surface area contributed by atoms with Crippen molar-refractivity contribution >= 4 is 17.6 Å². The number of hydrogen-bond donors (Lipinski definition) is 2. The second-order valence-corrected chi connectivity index (χ2v) is 6.79. The van der Waals surface area contributed by atoms with Gasteiger partial charge in [0.1, 0.15) is 17.7 Å². The molecular weight excluding hydrogens is 377 g/mol. The normalized spacial score (nSPS) is 11.9. The van der Waals surface area contributed by atoms with Crippen LogP contribution in [0, 0.1) is 26.6 Å². The number of carbonyl (C=O) groups is 2. The van der Waals surface area contributed by atoms with E-state index in [9.17, 15) is 19.1 Å². The molecule has 2 N–H and O–H groups in total. The number of benzene rings is 2. The minimum absolute atomic E-state index is 0.111. The van der Waals surface area contributed by atoms with Gasteiger partial charge in [0, 0.05) is 12.1 Å². The molecule has 0 fully saturated rings. The van der Waals surface area contributed by atoms with Crippen molar-refractivity contribution in [3.63, 3.8) is 0 Å². The van der Waals surface area contributed by atoms with E-state index in [1.54, 1.807) is 39.0 Å². The largest absolute Gasteiger partial charge is 0.478 e. The molecule has 3 rings (SSSR count). The van der Waals surface area contributed by atoms with Gasteiger partial charge in [0.15, 0.2) is 0 Å². The molecule has 1 heterocycles. The van der Waals surface area contributed by atoms with Crippen LogP contribution in [-0.4, -0.2) is 37.2 Å². The first kappa shape index (κ1) is 20.1. The summed E-state index contributed by atoms with van der Waals surface area (Å²) in [5.41, 5.74) is 2.57. The smallest absolute Gasteiger partial charge is 0.336 e. The zero-order valence-corrected chi connectivity index (χ0v) is 16.2. The van der Waals surface area contributed by atoms with Crippen LogP contribution in [0.1, 0.15) is 38.9 Å². The number of nitrogens with zero attached hydrogens (tertiary/aromatic N) is 4. The Kier molecular flexibility index (Phi) is 5.67. The van der Waals surface area contributed by atoms with E-state index in [1.165, 1.54) is 22.9 Å². The Morgan fingerprint density at radius 3 is 2.41 bits per heavy atom. The molecule has 29 heavy (non-hydrogen) atoms. The third kappa shape index (κ3) is 4.45. The van der Waals surface area contributed by atoms with Crippen molar-refractivity contribution < 1.29 is 19.1 Å². The van der Waals surface area contributed by atoms with Crippen molar-refractivity contribution in [2.45, 2.75) is 33.2 Å². The zero-order chi connectivity index (χ0) is 21.1. The van der Waals surface area contributed by atoms with Gasteiger partial charge in [0.05, 0.1) is 5.56 Å². The summed E-state index contributed by atoms with van der Waals surface area (Å²) in [5.74, 6) is -1.41. The topological polar surface area (TPSA) is 110 Å². The number of anilines is 1. The first-order chi connectivity index (χ1) is 13.8. The number of aryl methyl sites for hydroxylation is 3. The third-order valence-electron chi connectivity index (χ3n) is 4.66. The van der Waals surface area contributed by atoms with Crippen molar-refractivity contribution in [1.29, 1.82) is 0 Å². The Bertz CT molecular complexity index is 1060. The molecular formula is C20H20FN5O3. The van der Waals surface area contributed by atoms with Crippen molar-refractivity contribution in [2.24, 2.45) is 0 Å². The van der Waals surface area contributed by atoms with Crippen LogP contribution in [0.2, 0.25) is 0 Å². The predicted octanol–water partition coefficient (Wildman–Crippen LogP) is 2.86. The van der Waals surface area contributed by atoms with Gasteiger partial charge in [-0.3, -0.25) is 4.79 Å². The van der Waals surface area contributed by atoms with Crippen LogP contribution >= 0.6 is 0 Å². The summed E-state index contributed by atoms with van der Waals surface area (Å²) in [5, 5.41) is 23.5.